The molecule has 2 aromatic carbocycles. The number of aromatic carboxylic acids is 1. The summed E-state index contributed by atoms with van der Waals surface area (Å²) in [7, 11) is 0. The quantitative estimate of drug-likeness (QED) is 0.403. The Hall–Kier alpha value is -3.59. The molecule has 0 aromatic heterocycles. The first-order valence-electron chi connectivity index (χ1n) is 8.20. The van der Waals surface area contributed by atoms with Crippen molar-refractivity contribution in [1.82, 2.24) is 5.32 Å². The molecule has 0 heterocycles. The number of carbonyl (C=O) groups excluding carboxylic acids is 1. The average Bonchev–Trinajstić information content (AvgIpc) is 2.66. The van der Waals surface area contributed by atoms with Crippen molar-refractivity contribution in [2.45, 2.75) is 19.5 Å². The van der Waals surface area contributed by atoms with E-state index < -0.39 is 36.1 Å². The first-order chi connectivity index (χ1) is 13.2. The minimum atomic E-state index is -1.10. The second-order valence-corrected chi connectivity index (χ2v) is 5.94. The van der Waals surface area contributed by atoms with Gasteiger partial charge in [0.2, 0.25) is 5.78 Å². The number of phenolic OH excluding ortho intramolecular Hbond substituents is 2. The lowest BCUT2D eigenvalue weighted by Crippen LogP contribution is -2.33. The molecule has 28 heavy (non-hydrogen) atoms. The Kier molecular flexibility index (Phi) is 6.56. The lowest BCUT2D eigenvalue weighted by Gasteiger charge is -2.14. The average molecular weight is 389 g/mol. The molecule has 0 aliphatic rings. The summed E-state index contributed by atoms with van der Waals surface area (Å²) in [4.78, 5) is 34.0. The van der Waals surface area contributed by atoms with E-state index >= 15 is 0 Å². The number of benzene rings is 2. The van der Waals surface area contributed by atoms with Gasteiger partial charge in [-0.15, -0.1) is 0 Å². The summed E-state index contributed by atoms with van der Waals surface area (Å²) in [6, 6.07) is 6.98. The largest absolute Gasteiger partial charge is 0.507 e. The number of phenols is 2. The maximum absolute atomic E-state index is 12.3. The van der Waals surface area contributed by atoms with E-state index in [1.54, 1.807) is 0 Å². The number of hydrogen-bond donors (Lipinski definition) is 5. The maximum Gasteiger partial charge on any atom is 0.335 e. The number of nitrogens with one attached hydrogen (secondary N) is 1. The molecular weight excluding hydrogens is 370 g/mol. The van der Waals surface area contributed by atoms with Crippen LogP contribution in [-0.4, -0.2) is 50.8 Å². The summed E-state index contributed by atoms with van der Waals surface area (Å²) >= 11 is 0. The fraction of sp³-hybridized carbons (Fsp3) is 0.211. The van der Waals surface area contributed by atoms with Gasteiger partial charge in [-0.3, -0.25) is 9.59 Å². The van der Waals surface area contributed by atoms with E-state index in [0.717, 1.165) is 0 Å². The Morgan fingerprint density at radius 2 is 1.68 bits per heavy atom. The molecule has 0 unspecified atom stereocenters. The Morgan fingerprint density at radius 1 is 1.04 bits per heavy atom. The number of ether oxygens (including phenoxy) is 1. The first-order valence-corrected chi connectivity index (χ1v) is 8.20. The van der Waals surface area contributed by atoms with Crippen LogP contribution in [0.2, 0.25) is 0 Å². The number of rotatable bonds is 9. The number of Topliss-reactive ketones (excluding diaryl/α,β-unsaturated/α-hetero) is 1. The molecule has 0 fully saturated rings. The lowest BCUT2D eigenvalue weighted by atomic mass is 10.0. The molecule has 1 atom stereocenters. The van der Waals surface area contributed by atoms with E-state index in [1.807, 2.05) is 0 Å². The predicted octanol–water partition coefficient (Wildman–Crippen LogP) is 1.62. The highest BCUT2D eigenvalue weighted by Crippen LogP contribution is 2.31. The van der Waals surface area contributed by atoms with Crippen molar-refractivity contribution in [2.75, 3.05) is 6.61 Å². The number of carboxylic acids is 2. The summed E-state index contributed by atoms with van der Waals surface area (Å²) in [6.07, 6.45) is 0. The molecule has 9 nitrogen and oxygen atoms in total. The van der Waals surface area contributed by atoms with Crippen LogP contribution in [0.4, 0.5) is 0 Å². The molecule has 0 bridgehead atoms. The van der Waals surface area contributed by atoms with Gasteiger partial charge in [-0.1, -0.05) is 0 Å². The summed E-state index contributed by atoms with van der Waals surface area (Å²) in [5, 5.41) is 40.5. The summed E-state index contributed by atoms with van der Waals surface area (Å²) in [6.45, 7) is 0.807. The van der Waals surface area contributed by atoms with Crippen molar-refractivity contribution in [3.63, 3.8) is 0 Å². The van der Waals surface area contributed by atoms with Crippen LogP contribution in [0.25, 0.3) is 0 Å². The number of carbonyl (C=O) groups is 3. The summed E-state index contributed by atoms with van der Waals surface area (Å²) < 4.78 is 5.30. The third kappa shape index (κ3) is 4.98. The zero-order chi connectivity index (χ0) is 20.8. The molecule has 0 aliphatic heterocycles. The third-order valence-corrected chi connectivity index (χ3v) is 3.99. The van der Waals surface area contributed by atoms with Crippen LogP contribution in [-0.2, 0) is 11.3 Å². The van der Waals surface area contributed by atoms with Crippen LogP contribution in [0, 0.1) is 0 Å². The molecule has 0 aliphatic carbocycles. The fourth-order valence-corrected chi connectivity index (χ4v) is 2.29. The Balaban J connectivity index is 2.09. The van der Waals surface area contributed by atoms with E-state index in [2.05, 4.69) is 5.32 Å². The van der Waals surface area contributed by atoms with Gasteiger partial charge in [0.15, 0.2) is 6.61 Å². The van der Waals surface area contributed by atoms with Gasteiger partial charge >= 0.3 is 11.9 Å². The number of aromatic hydroxyl groups is 2. The van der Waals surface area contributed by atoms with Gasteiger partial charge in [-0.2, -0.15) is 0 Å². The molecular formula is C19H19NO8. The number of carboxylic acid groups (broad SMARTS) is 2. The molecule has 0 saturated carbocycles. The van der Waals surface area contributed by atoms with E-state index in [4.69, 9.17) is 14.9 Å². The number of hydrogen-bond acceptors (Lipinski definition) is 7. The van der Waals surface area contributed by atoms with Gasteiger partial charge in [0, 0.05) is 6.54 Å². The summed E-state index contributed by atoms with van der Waals surface area (Å²) in [5.41, 5.74) is -0.0351. The smallest absolute Gasteiger partial charge is 0.335 e. The number of aliphatic carboxylic acids is 1. The Morgan fingerprint density at radius 3 is 2.25 bits per heavy atom. The van der Waals surface area contributed by atoms with E-state index in [9.17, 15) is 24.6 Å². The summed E-state index contributed by atoms with van der Waals surface area (Å²) in [5.74, 6) is -3.26. The SMILES string of the molecule is C[C@@H](NCc1c(O)ccc(C(=O)COc2ccc(C(=O)O)cc2)c1O)C(=O)O. The third-order valence-electron chi connectivity index (χ3n) is 3.99. The zero-order valence-electron chi connectivity index (χ0n) is 14.9. The normalized spacial score (nSPS) is 11.6. The molecule has 0 radical (unpaired) electrons. The highest BCUT2D eigenvalue weighted by Gasteiger charge is 2.19. The Bertz CT molecular complexity index is 892. The fourth-order valence-electron chi connectivity index (χ4n) is 2.29. The van der Waals surface area contributed by atoms with Crippen LogP contribution in [0.5, 0.6) is 17.2 Å². The molecule has 148 valence electrons. The first kappa shape index (κ1) is 20.7. The van der Waals surface area contributed by atoms with Crippen molar-refractivity contribution in [1.29, 1.82) is 0 Å². The molecule has 2 aromatic rings. The molecule has 0 amide bonds. The molecule has 0 spiro atoms. The highest BCUT2D eigenvalue weighted by atomic mass is 16.5. The van der Waals surface area contributed by atoms with E-state index in [0.29, 0.717) is 0 Å². The van der Waals surface area contributed by atoms with Gasteiger partial charge in [-0.25, -0.2) is 4.79 Å². The van der Waals surface area contributed by atoms with Crippen LogP contribution in [0.3, 0.4) is 0 Å². The number of ketones is 1. The van der Waals surface area contributed by atoms with Crippen molar-refractivity contribution >= 4 is 17.7 Å². The van der Waals surface area contributed by atoms with Crippen molar-refractivity contribution in [3.8, 4) is 17.2 Å². The highest BCUT2D eigenvalue weighted by molar-refractivity contribution is 6.00. The van der Waals surface area contributed by atoms with Gasteiger partial charge in [0.05, 0.1) is 16.7 Å². The molecule has 0 saturated heterocycles. The molecule has 9 heteroatoms. The standard InChI is InChI=1S/C19H19NO8/c1-10(18(24)25)20-8-14-15(21)7-6-13(17(14)23)16(22)9-28-12-4-2-11(3-5-12)19(26)27/h2-7,10,20-21,23H,8-9H2,1H3,(H,24,25)(H,26,27)/t10-/m1/s1. The zero-order valence-corrected chi connectivity index (χ0v) is 14.9. The van der Waals surface area contributed by atoms with Crippen LogP contribution < -0.4 is 10.1 Å². The van der Waals surface area contributed by atoms with E-state index in [-0.39, 0.29) is 34.7 Å². The monoisotopic (exact) mass is 389 g/mol. The lowest BCUT2D eigenvalue weighted by molar-refractivity contribution is -0.139. The van der Waals surface area contributed by atoms with Gasteiger partial charge in [0.25, 0.3) is 0 Å². The minimum Gasteiger partial charge on any atom is -0.507 e. The Labute approximate surface area is 159 Å². The predicted molar refractivity (Wildman–Crippen MR) is 96.9 cm³/mol. The second kappa shape index (κ2) is 8.87. The molecule has 2 rings (SSSR count). The van der Waals surface area contributed by atoms with Gasteiger partial charge < -0.3 is 30.5 Å². The minimum absolute atomic E-state index is 0.00948. The van der Waals surface area contributed by atoms with Crippen molar-refractivity contribution in [3.05, 3.63) is 53.1 Å². The van der Waals surface area contributed by atoms with Gasteiger partial charge in [0.1, 0.15) is 23.3 Å². The topological polar surface area (TPSA) is 153 Å². The maximum atomic E-state index is 12.3. The van der Waals surface area contributed by atoms with Crippen molar-refractivity contribution < 1.29 is 39.5 Å². The van der Waals surface area contributed by atoms with Crippen LogP contribution in [0.15, 0.2) is 36.4 Å². The van der Waals surface area contributed by atoms with Gasteiger partial charge in [-0.05, 0) is 43.3 Å². The van der Waals surface area contributed by atoms with Crippen molar-refractivity contribution in [2.24, 2.45) is 0 Å². The van der Waals surface area contributed by atoms with Crippen LogP contribution >= 0.6 is 0 Å². The van der Waals surface area contributed by atoms with E-state index in [1.165, 1.54) is 43.3 Å². The van der Waals surface area contributed by atoms with Crippen LogP contribution in [0.1, 0.15) is 33.2 Å². The molecule has 5 N–H and O–H groups in total. The second-order valence-electron chi connectivity index (χ2n) is 5.94.